The van der Waals surface area contributed by atoms with Crippen LogP contribution >= 0.6 is 0 Å². The maximum absolute atomic E-state index is 13.4. The molecule has 200 valence electrons. The van der Waals surface area contributed by atoms with Crippen LogP contribution in [0.2, 0.25) is 0 Å². The van der Waals surface area contributed by atoms with E-state index in [4.69, 9.17) is 9.47 Å². The van der Waals surface area contributed by atoms with Crippen LogP contribution in [0.3, 0.4) is 0 Å². The highest BCUT2D eigenvalue weighted by Crippen LogP contribution is 2.37. The summed E-state index contributed by atoms with van der Waals surface area (Å²) >= 11 is 0. The van der Waals surface area contributed by atoms with Crippen molar-refractivity contribution in [3.05, 3.63) is 108 Å². The van der Waals surface area contributed by atoms with Gasteiger partial charge in [-0.2, -0.15) is 0 Å². The fraction of sp³-hybridized carbons (Fsp3) is 0.375. The second-order valence-electron chi connectivity index (χ2n) is 10.1. The van der Waals surface area contributed by atoms with Gasteiger partial charge in [-0.05, 0) is 29.5 Å². The highest BCUT2D eigenvalue weighted by atomic mass is 16.5. The van der Waals surface area contributed by atoms with Crippen LogP contribution in [0.1, 0.15) is 36.1 Å². The van der Waals surface area contributed by atoms with Crippen molar-refractivity contribution in [1.82, 2.24) is 9.80 Å². The van der Waals surface area contributed by atoms with Gasteiger partial charge in [-0.3, -0.25) is 19.4 Å². The Hall–Kier alpha value is -3.48. The van der Waals surface area contributed by atoms with Crippen molar-refractivity contribution in [2.24, 2.45) is 11.8 Å². The molecule has 6 heteroatoms. The first-order chi connectivity index (χ1) is 18.5. The van der Waals surface area contributed by atoms with Crippen LogP contribution in [0.25, 0.3) is 0 Å². The van der Waals surface area contributed by atoms with Gasteiger partial charge < -0.3 is 9.47 Å². The summed E-state index contributed by atoms with van der Waals surface area (Å²) in [5.41, 5.74) is 3.55. The summed E-state index contributed by atoms with van der Waals surface area (Å²) in [6.45, 7) is 4.88. The van der Waals surface area contributed by atoms with Gasteiger partial charge in [-0.25, -0.2) is 0 Å². The second-order valence-corrected chi connectivity index (χ2v) is 10.1. The Kier molecular flexibility index (Phi) is 9.68. The van der Waals surface area contributed by atoms with E-state index in [1.807, 2.05) is 54.6 Å². The first-order valence-corrected chi connectivity index (χ1v) is 13.3. The Bertz CT molecular complexity index is 1160. The number of benzene rings is 3. The molecule has 0 saturated carbocycles. The number of carbonyl (C=O) groups is 2. The molecular formula is C32H38N2O4. The maximum Gasteiger partial charge on any atom is 0.310 e. The van der Waals surface area contributed by atoms with Gasteiger partial charge in [0.05, 0.1) is 26.6 Å². The number of hydrogen-bond acceptors (Lipinski definition) is 6. The second kappa shape index (κ2) is 13.4. The summed E-state index contributed by atoms with van der Waals surface area (Å²) in [6, 6.07) is 30.9. The SMILES string of the molecule is COC(=O)C[C@H]1CN(Cc2ccccc2)C[C@H](N(Cc2ccccc2)[C@@H](C)c2ccccc2)[C@H]1C(=O)OC. The van der Waals surface area contributed by atoms with Gasteiger partial charge in [0.15, 0.2) is 0 Å². The molecule has 38 heavy (non-hydrogen) atoms. The monoisotopic (exact) mass is 514 g/mol. The number of piperidine rings is 1. The number of carbonyl (C=O) groups excluding carboxylic acids is 2. The van der Waals surface area contributed by atoms with E-state index in [9.17, 15) is 9.59 Å². The molecule has 0 unspecified atom stereocenters. The molecule has 1 saturated heterocycles. The third-order valence-electron chi connectivity index (χ3n) is 7.65. The van der Waals surface area contributed by atoms with Crippen molar-refractivity contribution >= 4 is 11.9 Å². The van der Waals surface area contributed by atoms with E-state index in [2.05, 4.69) is 53.1 Å². The molecule has 1 aliphatic heterocycles. The van der Waals surface area contributed by atoms with Crippen molar-refractivity contribution in [3.63, 3.8) is 0 Å². The zero-order chi connectivity index (χ0) is 26.9. The normalized spacial score (nSPS) is 20.6. The summed E-state index contributed by atoms with van der Waals surface area (Å²) in [5.74, 6) is -1.30. The minimum atomic E-state index is -0.471. The number of nitrogens with zero attached hydrogens (tertiary/aromatic N) is 2. The molecule has 0 N–H and O–H groups in total. The molecule has 3 aromatic rings. The number of likely N-dealkylation sites (tertiary alicyclic amines) is 1. The van der Waals surface area contributed by atoms with Crippen molar-refractivity contribution in [2.45, 2.75) is 38.5 Å². The summed E-state index contributed by atoms with van der Waals surface area (Å²) in [7, 11) is 2.84. The lowest BCUT2D eigenvalue weighted by Crippen LogP contribution is -2.59. The van der Waals surface area contributed by atoms with Gasteiger partial charge in [0, 0.05) is 38.3 Å². The van der Waals surface area contributed by atoms with Gasteiger partial charge >= 0.3 is 11.9 Å². The molecule has 4 atom stereocenters. The van der Waals surface area contributed by atoms with Crippen molar-refractivity contribution in [2.75, 3.05) is 27.3 Å². The predicted molar refractivity (Wildman–Crippen MR) is 148 cm³/mol. The van der Waals surface area contributed by atoms with E-state index in [1.54, 1.807) is 0 Å². The number of ether oxygens (including phenoxy) is 2. The summed E-state index contributed by atoms with van der Waals surface area (Å²) in [6.07, 6.45) is 0.164. The van der Waals surface area contributed by atoms with Crippen LogP contribution < -0.4 is 0 Å². The van der Waals surface area contributed by atoms with E-state index in [1.165, 1.54) is 30.9 Å². The zero-order valence-corrected chi connectivity index (χ0v) is 22.5. The fourth-order valence-corrected chi connectivity index (χ4v) is 5.73. The van der Waals surface area contributed by atoms with Gasteiger partial charge in [0.25, 0.3) is 0 Å². The standard InChI is InChI=1S/C32H38N2O4/c1-24(27-17-11-6-12-18-27)34(21-26-15-9-5-10-16-26)29-23-33(20-25-13-7-4-8-14-25)22-28(19-30(35)37-2)31(29)32(36)38-3/h4-18,24,28-29,31H,19-23H2,1-3H3/t24-,28-,29-,31-/m0/s1. The van der Waals surface area contributed by atoms with Crippen LogP contribution in [0, 0.1) is 11.8 Å². The van der Waals surface area contributed by atoms with E-state index < -0.39 is 5.92 Å². The highest BCUT2D eigenvalue weighted by molar-refractivity contribution is 5.76. The first kappa shape index (κ1) is 27.6. The number of esters is 2. The largest absolute Gasteiger partial charge is 0.469 e. The fourth-order valence-electron chi connectivity index (χ4n) is 5.73. The third kappa shape index (κ3) is 6.88. The topological polar surface area (TPSA) is 59.1 Å². The van der Waals surface area contributed by atoms with Crippen LogP contribution in [0.5, 0.6) is 0 Å². The van der Waals surface area contributed by atoms with E-state index in [0.717, 1.165) is 6.54 Å². The molecule has 0 radical (unpaired) electrons. The molecule has 0 aliphatic carbocycles. The smallest absolute Gasteiger partial charge is 0.310 e. The zero-order valence-electron chi connectivity index (χ0n) is 22.5. The van der Waals surface area contributed by atoms with E-state index >= 15 is 0 Å². The summed E-state index contributed by atoms with van der Waals surface area (Å²) in [5, 5.41) is 0. The lowest BCUT2D eigenvalue weighted by molar-refractivity contribution is -0.157. The molecule has 1 heterocycles. The van der Waals surface area contributed by atoms with E-state index in [-0.39, 0.29) is 36.4 Å². The molecule has 0 spiro atoms. The maximum atomic E-state index is 13.4. The lowest BCUT2D eigenvalue weighted by atomic mass is 9.78. The first-order valence-electron chi connectivity index (χ1n) is 13.3. The van der Waals surface area contributed by atoms with Crippen LogP contribution in [0.15, 0.2) is 91.0 Å². The van der Waals surface area contributed by atoms with E-state index in [0.29, 0.717) is 19.6 Å². The van der Waals surface area contributed by atoms with Crippen molar-refractivity contribution in [3.8, 4) is 0 Å². The van der Waals surface area contributed by atoms with Gasteiger partial charge in [-0.15, -0.1) is 0 Å². The van der Waals surface area contributed by atoms with Gasteiger partial charge in [0.2, 0.25) is 0 Å². The minimum Gasteiger partial charge on any atom is -0.469 e. The van der Waals surface area contributed by atoms with Gasteiger partial charge in [-0.1, -0.05) is 91.0 Å². The number of rotatable bonds is 10. The predicted octanol–water partition coefficient (Wildman–Crippen LogP) is 5.10. The molecule has 0 amide bonds. The molecule has 3 aromatic carbocycles. The molecule has 0 bridgehead atoms. The molecule has 6 nitrogen and oxygen atoms in total. The summed E-state index contributed by atoms with van der Waals surface area (Å²) in [4.78, 5) is 30.7. The van der Waals surface area contributed by atoms with Crippen LogP contribution in [-0.2, 0) is 32.2 Å². The van der Waals surface area contributed by atoms with Crippen LogP contribution in [0.4, 0.5) is 0 Å². The molecule has 1 fully saturated rings. The van der Waals surface area contributed by atoms with Crippen LogP contribution in [-0.4, -0.2) is 55.1 Å². The molecule has 0 aromatic heterocycles. The molecular weight excluding hydrogens is 476 g/mol. The number of hydrogen-bond donors (Lipinski definition) is 0. The Morgan fingerprint density at radius 1 is 0.842 bits per heavy atom. The van der Waals surface area contributed by atoms with Gasteiger partial charge in [0.1, 0.15) is 0 Å². The average Bonchev–Trinajstić information content (AvgIpc) is 2.96. The molecule has 4 rings (SSSR count). The number of methoxy groups -OCH3 is 2. The third-order valence-corrected chi connectivity index (χ3v) is 7.65. The average molecular weight is 515 g/mol. The Morgan fingerprint density at radius 3 is 2.00 bits per heavy atom. The van der Waals surface area contributed by atoms with Crippen molar-refractivity contribution in [1.29, 1.82) is 0 Å². The highest BCUT2D eigenvalue weighted by Gasteiger charge is 2.46. The Balaban J connectivity index is 1.76. The molecule has 1 aliphatic rings. The Morgan fingerprint density at radius 2 is 1.42 bits per heavy atom. The summed E-state index contributed by atoms with van der Waals surface area (Å²) < 4.78 is 10.4. The lowest BCUT2D eigenvalue weighted by Gasteiger charge is -2.48. The van der Waals surface area contributed by atoms with Crippen molar-refractivity contribution < 1.29 is 19.1 Å². The minimum absolute atomic E-state index is 0.0315. The quantitative estimate of drug-likeness (QED) is 0.351. The Labute approximate surface area is 226 Å².